The number of aromatic nitrogens is 1. The van der Waals surface area contributed by atoms with Crippen LogP contribution in [-0.4, -0.2) is 50.2 Å². The summed E-state index contributed by atoms with van der Waals surface area (Å²) in [5.41, 5.74) is 5.81. The van der Waals surface area contributed by atoms with E-state index in [0.717, 1.165) is 61.3 Å². The topological polar surface area (TPSA) is 69.0 Å². The van der Waals surface area contributed by atoms with E-state index in [4.69, 9.17) is 18.8 Å². The number of rotatable bonds is 11. The second kappa shape index (κ2) is 11.3. The molecule has 0 aliphatic carbocycles. The van der Waals surface area contributed by atoms with Crippen molar-refractivity contribution in [2.24, 2.45) is 0 Å². The molecule has 1 N–H and O–H groups in total. The fourth-order valence-corrected chi connectivity index (χ4v) is 4.15. The number of nitrogens with one attached hydrogen (secondary N) is 1. The zero-order chi connectivity index (χ0) is 23.0. The number of piperidine rings is 1. The SMILES string of the molecule is C=C(NOC)c1ccc(OCOCCCN2CCC(c3noc4cc(F)ccc34)CC2)cc1. The van der Waals surface area contributed by atoms with Gasteiger partial charge in [0.1, 0.15) is 11.6 Å². The van der Waals surface area contributed by atoms with Crippen molar-refractivity contribution in [2.75, 3.05) is 40.1 Å². The number of fused-ring (bicyclic) bond motifs is 1. The molecule has 3 aromatic rings. The van der Waals surface area contributed by atoms with Gasteiger partial charge in [-0.25, -0.2) is 4.39 Å². The summed E-state index contributed by atoms with van der Waals surface area (Å²) in [4.78, 5) is 7.30. The van der Waals surface area contributed by atoms with Crippen molar-refractivity contribution < 1.29 is 23.2 Å². The van der Waals surface area contributed by atoms with E-state index in [1.165, 1.54) is 12.1 Å². The minimum Gasteiger partial charge on any atom is -0.468 e. The molecule has 33 heavy (non-hydrogen) atoms. The predicted octanol–water partition coefficient (Wildman–Crippen LogP) is 4.71. The predicted molar refractivity (Wildman–Crippen MR) is 124 cm³/mol. The number of halogens is 1. The summed E-state index contributed by atoms with van der Waals surface area (Å²) in [6.45, 7) is 7.75. The van der Waals surface area contributed by atoms with E-state index in [9.17, 15) is 4.39 Å². The third-order valence-electron chi connectivity index (χ3n) is 5.94. The van der Waals surface area contributed by atoms with E-state index in [1.54, 1.807) is 13.2 Å². The van der Waals surface area contributed by atoms with E-state index in [1.807, 2.05) is 24.3 Å². The molecule has 0 amide bonds. The Balaban J connectivity index is 1.11. The molecule has 0 saturated carbocycles. The molecule has 0 atom stereocenters. The largest absolute Gasteiger partial charge is 0.468 e. The van der Waals surface area contributed by atoms with Crippen LogP contribution in [-0.2, 0) is 9.57 Å². The summed E-state index contributed by atoms with van der Waals surface area (Å²) in [5.74, 6) is 0.799. The van der Waals surface area contributed by atoms with Crippen molar-refractivity contribution in [3.63, 3.8) is 0 Å². The fourth-order valence-electron chi connectivity index (χ4n) is 4.15. The van der Waals surface area contributed by atoms with Crippen LogP contribution in [0.25, 0.3) is 16.7 Å². The van der Waals surface area contributed by atoms with Gasteiger partial charge in [-0.05, 0) is 74.3 Å². The van der Waals surface area contributed by atoms with Gasteiger partial charge in [0.2, 0.25) is 0 Å². The first-order valence-electron chi connectivity index (χ1n) is 11.2. The maximum Gasteiger partial charge on any atom is 0.189 e. The molecule has 0 unspecified atom stereocenters. The smallest absolute Gasteiger partial charge is 0.189 e. The van der Waals surface area contributed by atoms with Crippen LogP contribution >= 0.6 is 0 Å². The Hall–Kier alpha value is -2.94. The third-order valence-corrected chi connectivity index (χ3v) is 5.94. The Labute approximate surface area is 193 Å². The van der Waals surface area contributed by atoms with Gasteiger partial charge in [0, 0.05) is 23.9 Å². The van der Waals surface area contributed by atoms with E-state index >= 15 is 0 Å². The number of nitrogens with zero attached hydrogens (tertiary/aromatic N) is 2. The standard InChI is InChI=1S/C25H30FN3O4/c1-18(27-30-2)19-4-7-22(8-5-19)32-17-31-15-3-12-29-13-10-20(11-14-29)25-23-9-6-21(26)16-24(23)33-28-25/h4-9,16,20,27H,1,3,10-15,17H2,2H3. The second-order valence-electron chi connectivity index (χ2n) is 8.16. The van der Waals surface area contributed by atoms with E-state index < -0.39 is 0 Å². The van der Waals surface area contributed by atoms with Crippen LogP contribution in [0.2, 0.25) is 0 Å². The van der Waals surface area contributed by atoms with Crippen molar-refractivity contribution in [1.82, 2.24) is 15.5 Å². The summed E-state index contributed by atoms with van der Waals surface area (Å²) in [6, 6.07) is 12.2. The van der Waals surface area contributed by atoms with Gasteiger partial charge in [-0.15, -0.1) is 0 Å². The highest BCUT2D eigenvalue weighted by molar-refractivity contribution is 5.79. The highest BCUT2D eigenvalue weighted by atomic mass is 19.1. The first kappa shape index (κ1) is 23.2. The molecular weight excluding hydrogens is 425 g/mol. The van der Waals surface area contributed by atoms with Gasteiger partial charge in [0.05, 0.1) is 25.1 Å². The van der Waals surface area contributed by atoms with E-state index in [2.05, 4.69) is 22.1 Å². The van der Waals surface area contributed by atoms with Crippen LogP contribution in [0, 0.1) is 5.82 Å². The Morgan fingerprint density at radius 2 is 2.00 bits per heavy atom. The molecule has 0 spiro atoms. The van der Waals surface area contributed by atoms with Gasteiger partial charge >= 0.3 is 0 Å². The lowest BCUT2D eigenvalue weighted by Crippen LogP contribution is -2.34. The third kappa shape index (κ3) is 6.10. The first-order valence-corrected chi connectivity index (χ1v) is 11.2. The quantitative estimate of drug-likeness (QED) is 0.255. The van der Waals surface area contributed by atoms with E-state index in [0.29, 0.717) is 23.8 Å². The lowest BCUT2D eigenvalue weighted by atomic mass is 9.91. The van der Waals surface area contributed by atoms with Crippen LogP contribution < -0.4 is 10.2 Å². The molecule has 1 aliphatic rings. The molecular formula is C25H30FN3O4. The molecule has 7 nitrogen and oxygen atoms in total. The van der Waals surface area contributed by atoms with Crippen LogP contribution in [0.1, 0.15) is 36.4 Å². The van der Waals surface area contributed by atoms with Crippen molar-refractivity contribution >= 4 is 16.7 Å². The highest BCUT2D eigenvalue weighted by Gasteiger charge is 2.24. The lowest BCUT2D eigenvalue weighted by Gasteiger charge is -2.31. The molecule has 1 aromatic heterocycles. The zero-order valence-corrected chi connectivity index (χ0v) is 18.9. The Morgan fingerprint density at radius 3 is 2.76 bits per heavy atom. The van der Waals surface area contributed by atoms with Gasteiger partial charge in [0.25, 0.3) is 0 Å². The second-order valence-corrected chi connectivity index (χ2v) is 8.16. The van der Waals surface area contributed by atoms with Gasteiger partial charge < -0.3 is 18.9 Å². The summed E-state index contributed by atoms with van der Waals surface area (Å²) in [7, 11) is 1.55. The van der Waals surface area contributed by atoms with E-state index in [-0.39, 0.29) is 12.6 Å². The number of likely N-dealkylation sites (tertiary alicyclic amines) is 1. The zero-order valence-electron chi connectivity index (χ0n) is 18.9. The Morgan fingerprint density at radius 1 is 1.21 bits per heavy atom. The number of benzene rings is 2. The average Bonchev–Trinajstić information content (AvgIpc) is 3.25. The normalized spacial score (nSPS) is 15.1. The van der Waals surface area contributed by atoms with Crippen LogP contribution in [0.3, 0.4) is 0 Å². The maximum atomic E-state index is 13.4. The average molecular weight is 456 g/mol. The van der Waals surface area contributed by atoms with Crippen molar-refractivity contribution in [1.29, 1.82) is 0 Å². The van der Waals surface area contributed by atoms with Gasteiger partial charge in [0.15, 0.2) is 12.4 Å². The fraction of sp³-hybridized carbons (Fsp3) is 0.400. The summed E-state index contributed by atoms with van der Waals surface area (Å²) in [6.07, 6.45) is 2.98. The molecule has 1 fully saturated rings. The molecule has 0 radical (unpaired) electrons. The van der Waals surface area contributed by atoms with Gasteiger partial charge in [-0.3, -0.25) is 10.3 Å². The molecule has 0 bridgehead atoms. The molecule has 2 aromatic carbocycles. The van der Waals surface area contributed by atoms with Gasteiger partial charge in [-0.2, -0.15) is 0 Å². The van der Waals surface area contributed by atoms with Crippen molar-refractivity contribution in [3.05, 3.63) is 66.1 Å². The maximum absolute atomic E-state index is 13.4. The monoisotopic (exact) mass is 455 g/mol. The summed E-state index contributed by atoms with van der Waals surface area (Å²) in [5, 5.41) is 5.15. The van der Waals surface area contributed by atoms with Crippen LogP contribution in [0.5, 0.6) is 5.75 Å². The summed E-state index contributed by atoms with van der Waals surface area (Å²) >= 11 is 0. The molecule has 4 rings (SSSR count). The molecule has 176 valence electrons. The minimum atomic E-state index is -0.299. The molecule has 1 aliphatic heterocycles. The van der Waals surface area contributed by atoms with Gasteiger partial charge in [-0.1, -0.05) is 11.7 Å². The number of hydrogen-bond acceptors (Lipinski definition) is 7. The number of hydrogen-bond donors (Lipinski definition) is 1. The van der Waals surface area contributed by atoms with Crippen LogP contribution in [0.4, 0.5) is 4.39 Å². The van der Waals surface area contributed by atoms with Crippen molar-refractivity contribution in [3.8, 4) is 5.75 Å². The molecule has 8 heteroatoms. The summed E-state index contributed by atoms with van der Waals surface area (Å²) < 4.78 is 30.0. The Bertz CT molecular complexity index is 1050. The number of hydroxylamine groups is 1. The highest BCUT2D eigenvalue weighted by Crippen LogP contribution is 2.32. The van der Waals surface area contributed by atoms with Crippen LogP contribution in [0.15, 0.2) is 53.6 Å². The lowest BCUT2D eigenvalue weighted by molar-refractivity contribution is 0.0106. The first-order chi connectivity index (χ1) is 16.1. The molecule has 1 saturated heterocycles. The molecule has 2 heterocycles. The Kier molecular flexibility index (Phi) is 7.93. The minimum absolute atomic E-state index is 0.221. The number of ether oxygens (including phenoxy) is 2. The van der Waals surface area contributed by atoms with Crippen molar-refractivity contribution in [2.45, 2.75) is 25.2 Å².